The van der Waals surface area contributed by atoms with Gasteiger partial charge in [0.25, 0.3) is 0 Å². The van der Waals surface area contributed by atoms with Gasteiger partial charge in [-0.1, -0.05) is 5.16 Å². The van der Waals surface area contributed by atoms with E-state index >= 15 is 0 Å². The average molecular weight is 329 g/mol. The summed E-state index contributed by atoms with van der Waals surface area (Å²) in [6.07, 6.45) is 0.728. The van der Waals surface area contributed by atoms with E-state index in [1.54, 1.807) is 6.07 Å². The van der Waals surface area contributed by atoms with Crippen LogP contribution >= 0.6 is 15.9 Å². The van der Waals surface area contributed by atoms with E-state index in [0.29, 0.717) is 24.7 Å². The minimum absolute atomic E-state index is 0.162. The number of halogens is 2. The van der Waals surface area contributed by atoms with Gasteiger partial charge in [-0.25, -0.2) is 4.39 Å². The molecule has 100 valence electrons. The number of hydrogen-bond donors (Lipinski definition) is 1. The number of benzene rings is 1. The smallest absolute Gasteiger partial charge is 0.175 e. The van der Waals surface area contributed by atoms with E-state index < -0.39 is 5.82 Å². The van der Waals surface area contributed by atoms with Crippen molar-refractivity contribution in [3.8, 4) is 22.8 Å². The summed E-state index contributed by atoms with van der Waals surface area (Å²) in [6.45, 7) is 0.966. The zero-order chi connectivity index (χ0) is 13.4. The Morgan fingerprint density at radius 1 is 1.26 bits per heavy atom. The minimum Gasteiger partial charge on any atom is -0.489 e. The molecule has 0 saturated heterocycles. The summed E-state index contributed by atoms with van der Waals surface area (Å²) in [6, 6.07) is 2.98. The molecule has 0 fully saturated rings. The van der Waals surface area contributed by atoms with Crippen LogP contribution in [0.3, 0.4) is 0 Å². The zero-order valence-electron chi connectivity index (χ0n) is 9.78. The van der Waals surface area contributed by atoms with E-state index in [1.807, 2.05) is 0 Å². The van der Waals surface area contributed by atoms with Gasteiger partial charge in [0.05, 0.1) is 17.7 Å². The fraction of sp³-hybridized carbons (Fsp3) is 0.250. The molecule has 2 aromatic rings. The fourth-order valence-corrected chi connectivity index (χ4v) is 2.29. The van der Waals surface area contributed by atoms with Crippen LogP contribution in [-0.2, 0) is 0 Å². The molecule has 3 rings (SSSR count). The van der Waals surface area contributed by atoms with Crippen molar-refractivity contribution in [2.45, 2.75) is 6.42 Å². The molecule has 2 heterocycles. The number of anilines is 1. The van der Waals surface area contributed by atoms with Gasteiger partial charge in [-0.05, 0) is 15.9 Å². The van der Waals surface area contributed by atoms with Gasteiger partial charge in [0, 0.05) is 18.6 Å². The highest BCUT2D eigenvalue weighted by Crippen LogP contribution is 2.44. The highest BCUT2D eigenvalue weighted by atomic mass is 79.9. The van der Waals surface area contributed by atoms with Gasteiger partial charge in [0.2, 0.25) is 0 Å². The summed E-state index contributed by atoms with van der Waals surface area (Å²) < 4.78 is 30.7. The predicted octanol–water partition coefficient (Wildman–Crippen LogP) is 2.99. The summed E-state index contributed by atoms with van der Waals surface area (Å²) in [5.74, 6) is 0.668. The van der Waals surface area contributed by atoms with Crippen molar-refractivity contribution in [3.05, 3.63) is 22.4 Å². The molecule has 2 N–H and O–H groups in total. The van der Waals surface area contributed by atoms with Crippen molar-refractivity contribution < 1.29 is 18.4 Å². The largest absolute Gasteiger partial charge is 0.489 e. The first kappa shape index (κ1) is 12.3. The molecule has 19 heavy (non-hydrogen) atoms. The van der Waals surface area contributed by atoms with Crippen molar-refractivity contribution >= 4 is 21.7 Å². The summed E-state index contributed by atoms with van der Waals surface area (Å²) >= 11 is 3.15. The molecule has 0 radical (unpaired) electrons. The lowest BCUT2D eigenvalue weighted by atomic mass is 10.1. The molecular weight excluding hydrogens is 319 g/mol. The lowest BCUT2D eigenvalue weighted by molar-refractivity contribution is 0.296. The van der Waals surface area contributed by atoms with Gasteiger partial charge in [-0.3, -0.25) is 0 Å². The van der Waals surface area contributed by atoms with Crippen LogP contribution in [0, 0.1) is 5.82 Å². The van der Waals surface area contributed by atoms with Gasteiger partial charge in [0.15, 0.2) is 28.9 Å². The summed E-state index contributed by atoms with van der Waals surface area (Å²) in [5, 5.41) is 3.56. The van der Waals surface area contributed by atoms with Gasteiger partial charge >= 0.3 is 0 Å². The molecule has 0 bridgehead atoms. The Labute approximate surface area is 116 Å². The molecule has 1 aliphatic heterocycles. The molecular formula is C12H10BrFN2O3. The lowest BCUT2D eigenvalue weighted by Crippen LogP contribution is -1.98. The van der Waals surface area contributed by atoms with Crippen molar-refractivity contribution in [1.29, 1.82) is 0 Å². The molecule has 1 aromatic carbocycles. The third kappa shape index (κ3) is 2.14. The Morgan fingerprint density at radius 2 is 2.05 bits per heavy atom. The van der Waals surface area contributed by atoms with Crippen LogP contribution in [0.2, 0.25) is 0 Å². The van der Waals surface area contributed by atoms with Crippen LogP contribution in [-0.4, -0.2) is 18.4 Å². The Balaban J connectivity index is 2.24. The van der Waals surface area contributed by atoms with E-state index in [-0.39, 0.29) is 21.6 Å². The summed E-state index contributed by atoms with van der Waals surface area (Å²) in [7, 11) is 0. The monoisotopic (exact) mass is 328 g/mol. The van der Waals surface area contributed by atoms with Crippen LogP contribution in [0.25, 0.3) is 11.3 Å². The van der Waals surface area contributed by atoms with E-state index in [9.17, 15) is 4.39 Å². The number of nitrogens with zero attached hydrogens (tertiary/aromatic N) is 1. The Bertz CT molecular complexity index is 630. The molecule has 0 aliphatic carbocycles. The SMILES string of the molecule is Nc1cc(-c2c(F)c(Br)cc3c2OCCCO3)on1. The molecule has 0 unspecified atom stereocenters. The molecule has 0 amide bonds. The molecule has 1 aromatic heterocycles. The molecule has 0 saturated carbocycles. The van der Waals surface area contributed by atoms with E-state index in [4.69, 9.17) is 19.7 Å². The van der Waals surface area contributed by atoms with Gasteiger partial charge in [0.1, 0.15) is 5.56 Å². The number of hydrogen-bond acceptors (Lipinski definition) is 5. The lowest BCUT2D eigenvalue weighted by Gasteiger charge is -2.12. The first-order valence-electron chi connectivity index (χ1n) is 5.67. The Hall–Kier alpha value is -1.76. The second-order valence-corrected chi connectivity index (χ2v) is 4.90. The predicted molar refractivity (Wildman–Crippen MR) is 69.6 cm³/mol. The number of aromatic nitrogens is 1. The molecule has 5 nitrogen and oxygen atoms in total. The average Bonchev–Trinajstić information content (AvgIpc) is 2.67. The van der Waals surface area contributed by atoms with Crippen LogP contribution in [0.1, 0.15) is 6.42 Å². The Kier molecular flexibility index (Phi) is 3.06. The van der Waals surface area contributed by atoms with E-state index in [2.05, 4.69) is 21.1 Å². The van der Waals surface area contributed by atoms with Crippen molar-refractivity contribution in [1.82, 2.24) is 5.16 Å². The zero-order valence-corrected chi connectivity index (χ0v) is 11.4. The maximum atomic E-state index is 14.3. The maximum absolute atomic E-state index is 14.3. The molecule has 7 heteroatoms. The van der Waals surface area contributed by atoms with Crippen molar-refractivity contribution in [3.63, 3.8) is 0 Å². The number of fused-ring (bicyclic) bond motifs is 1. The van der Waals surface area contributed by atoms with Crippen LogP contribution in [0.5, 0.6) is 11.5 Å². The first-order valence-corrected chi connectivity index (χ1v) is 6.46. The van der Waals surface area contributed by atoms with Crippen LogP contribution in [0.4, 0.5) is 10.2 Å². The second-order valence-electron chi connectivity index (χ2n) is 4.04. The van der Waals surface area contributed by atoms with Crippen molar-refractivity contribution in [2.75, 3.05) is 18.9 Å². The highest BCUT2D eigenvalue weighted by molar-refractivity contribution is 9.10. The standard InChI is InChI=1S/C12H10BrFN2O3/c13-6-4-8-12(18-3-1-2-17-8)10(11(6)14)7-5-9(15)16-19-7/h4-5H,1-3H2,(H2,15,16). The number of nitrogen functional groups attached to an aromatic ring is 1. The normalized spacial score (nSPS) is 14.2. The van der Waals surface area contributed by atoms with Crippen LogP contribution in [0.15, 0.2) is 21.1 Å². The quantitative estimate of drug-likeness (QED) is 0.871. The fourth-order valence-electron chi connectivity index (χ4n) is 1.88. The van der Waals surface area contributed by atoms with E-state index in [0.717, 1.165) is 6.42 Å². The second kappa shape index (κ2) is 4.73. The van der Waals surface area contributed by atoms with Crippen molar-refractivity contribution in [2.24, 2.45) is 0 Å². The molecule has 0 spiro atoms. The third-order valence-electron chi connectivity index (χ3n) is 2.71. The third-order valence-corrected chi connectivity index (χ3v) is 3.28. The molecule has 0 atom stereocenters. The first-order chi connectivity index (χ1) is 9.16. The number of rotatable bonds is 1. The number of ether oxygens (including phenoxy) is 2. The van der Waals surface area contributed by atoms with E-state index in [1.165, 1.54) is 6.07 Å². The van der Waals surface area contributed by atoms with Gasteiger partial charge < -0.3 is 19.7 Å². The van der Waals surface area contributed by atoms with Crippen LogP contribution < -0.4 is 15.2 Å². The number of nitrogens with two attached hydrogens (primary N) is 1. The summed E-state index contributed by atoms with van der Waals surface area (Å²) in [5.41, 5.74) is 5.66. The minimum atomic E-state index is -0.500. The molecule has 1 aliphatic rings. The topological polar surface area (TPSA) is 70.5 Å². The Morgan fingerprint density at radius 3 is 2.79 bits per heavy atom. The van der Waals surface area contributed by atoms with Gasteiger partial charge in [-0.2, -0.15) is 0 Å². The summed E-state index contributed by atoms with van der Waals surface area (Å²) in [4.78, 5) is 0. The highest BCUT2D eigenvalue weighted by Gasteiger charge is 2.25. The van der Waals surface area contributed by atoms with Gasteiger partial charge in [-0.15, -0.1) is 0 Å². The maximum Gasteiger partial charge on any atom is 0.175 e.